The third-order valence-corrected chi connectivity index (χ3v) is 3.71. The molecule has 3 N–H and O–H groups in total. The van der Waals surface area contributed by atoms with Crippen molar-refractivity contribution in [3.05, 3.63) is 18.2 Å². The number of nitrogen functional groups attached to an aromatic ring is 1. The first-order valence-electron chi connectivity index (χ1n) is 6.41. The highest BCUT2D eigenvalue weighted by Crippen LogP contribution is 2.33. The second kappa shape index (κ2) is 5.06. The van der Waals surface area contributed by atoms with Crippen molar-refractivity contribution in [3.8, 4) is 5.75 Å². The molecule has 100 valence electrons. The Morgan fingerprint density at radius 3 is 2.61 bits per heavy atom. The molecular weight excluding hydrogens is 228 g/mol. The predicted molar refractivity (Wildman–Crippen MR) is 74.1 cm³/mol. The predicted octanol–water partition coefficient (Wildman–Crippen LogP) is 2.02. The van der Waals surface area contributed by atoms with Crippen molar-refractivity contribution in [3.63, 3.8) is 0 Å². The van der Waals surface area contributed by atoms with Crippen LogP contribution in [0.5, 0.6) is 5.75 Å². The quantitative estimate of drug-likeness (QED) is 0.803. The number of rotatable bonds is 4. The summed E-state index contributed by atoms with van der Waals surface area (Å²) >= 11 is 0. The lowest BCUT2D eigenvalue weighted by molar-refractivity contribution is 0.0559. The molecule has 0 unspecified atom stereocenters. The minimum absolute atomic E-state index is 0.554. The van der Waals surface area contributed by atoms with Crippen molar-refractivity contribution in [1.29, 1.82) is 0 Å². The molecule has 0 amide bonds. The van der Waals surface area contributed by atoms with E-state index in [9.17, 15) is 5.11 Å². The first-order chi connectivity index (χ1) is 8.54. The smallest absolute Gasteiger partial charge is 0.121 e. The number of nitrogens with zero attached hydrogens (tertiary/aromatic N) is 1. The summed E-state index contributed by atoms with van der Waals surface area (Å²) in [6.07, 6.45) is 3.99. The summed E-state index contributed by atoms with van der Waals surface area (Å²) < 4.78 is 5.14. The number of nitrogens with two attached hydrogens (primary N) is 1. The first kappa shape index (κ1) is 13.0. The van der Waals surface area contributed by atoms with Gasteiger partial charge in [-0.25, -0.2) is 0 Å². The molecule has 0 saturated heterocycles. The topological polar surface area (TPSA) is 58.7 Å². The minimum atomic E-state index is -0.554. The Labute approximate surface area is 108 Å². The summed E-state index contributed by atoms with van der Waals surface area (Å²) in [6.45, 7) is 0.629. The number of hydrogen-bond acceptors (Lipinski definition) is 4. The summed E-state index contributed by atoms with van der Waals surface area (Å²) in [6, 6.07) is 5.64. The van der Waals surface area contributed by atoms with Gasteiger partial charge in [-0.2, -0.15) is 0 Å². The molecule has 1 aromatic rings. The van der Waals surface area contributed by atoms with Gasteiger partial charge in [-0.1, -0.05) is 12.8 Å². The largest absolute Gasteiger partial charge is 0.497 e. The molecule has 4 nitrogen and oxygen atoms in total. The third-order valence-electron chi connectivity index (χ3n) is 3.71. The van der Waals surface area contributed by atoms with Gasteiger partial charge in [-0.15, -0.1) is 0 Å². The molecule has 0 atom stereocenters. The molecule has 18 heavy (non-hydrogen) atoms. The zero-order valence-electron chi connectivity index (χ0n) is 11.1. The Hall–Kier alpha value is -1.42. The van der Waals surface area contributed by atoms with Crippen molar-refractivity contribution >= 4 is 11.4 Å². The van der Waals surface area contributed by atoms with Gasteiger partial charge in [-0.3, -0.25) is 0 Å². The minimum Gasteiger partial charge on any atom is -0.497 e. The molecule has 2 rings (SSSR count). The van der Waals surface area contributed by atoms with E-state index in [0.717, 1.165) is 37.1 Å². The number of likely N-dealkylation sites (N-methyl/N-ethyl adjacent to an activating group) is 1. The van der Waals surface area contributed by atoms with E-state index in [2.05, 4.69) is 0 Å². The monoisotopic (exact) mass is 250 g/mol. The second-order valence-electron chi connectivity index (χ2n) is 5.21. The SMILES string of the molecule is COc1ccc(N(C)CC2(O)CCCC2)c(N)c1. The number of hydrogen-bond donors (Lipinski definition) is 2. The molecule has 0 aliphatic heterocycles. The number of anilines is 2. The molecule has 4 heteroatoms. The van der Waals surface area contributed by atoms with E-state index in [1.165, 1.54) is 0 Å². The van der Waals surface area contributed by atoms with Crippen LogP contribution in [0.2, 0.25) is 0 Å². The van der Waals surface area contributed by atoms with E-state index in [1.807, 2.05) is 30.1 Å². The second-order valence-corrected chi connectivity index (χ2v) is 5.21. The highest BCUT2D eigenvalue weighted by Gasteiger charge is 2.32. The van der Waals surface area contributed by atoms with E-state index in [0.29, 0.717) is 12.2 Å². The van der Waals surface area contributed by atoms with E-state index in [-0.39, 0.29) is 0 Å². The van der Waals surface area contributed by atoms with Crippen LogP contribution in [0, 0.1) is 0 Å². The van der Waals surface area contributed by atoms with E-state index in [4.69, 9.17) is 10.5 Å². The maximum atomic E-state index is 10.4. The van der Waals surface area contributed by atoms with E-state index in [1.54, 1.807) is 7.11 Å². The normalized spacial score (nSPS) is 17.7. The fraction of sp³-hybridized carbons (Fsp3) is 0.571. The number of benzene rings is 1. The summed E-state index contributed by atoms with van der Waals surface area (Å²) in [4.78, 5) is 2.03. The van der Waals surface area contributed by atoms with Crippen LogP contribution in [-0.4, -0.2) is 31.4 Å². The number of ether oxygens (including phenoxy) is 1. The maximum Gasteiger partial charge on any atom is 0.121 e. The maximum absolute atomic E-state index is 10.4. The van der Waals surface area contributed by atoms with Crippen LogP contribution in [0.3, 0.4) is 0 Å². The van der Waals surface area contributed by atoms with Gasteiger partial charge < -0.3 is 20.5 Å². The van der Waals surface area contributed by atoms with Gasteiger partial charge in [-0.05, 0) is 25.0 Å². The zero-order valence-corrected chi connectivity index (χ0v) is 11.1. The molecule has 1 fully saturated rings. The van der Waals surface area contributed by atoms with Crippen LogP contribution in [0.25, 0.3) is 0 Å². The van der Waals surface area contributed by atoms with Gasteiger partial charge in [0.1, 0.15) is 5.75 Å². The van der Waals surface area contributed by atoms with Gasteiger partial charge >= 0.3 is 0 Å². The fourth-order valence-corrected chi connectivity index (χ4v) is 2.73. The summed E-state index contributed by atoms with van der Waals surface area (Å²) in [5, 5.41) is 10.4. The Balaban J connectivity index is 2.11. The third kappa shape index (κ3) is 2.70. The van der Waals surface area contributed by atoms with E-state index < -0.39 is 5.60 Å². The van der Waals surface area contributed by atoms with Gasteiger partial charge in [0, 0.05) is 19.7 Å². The molecule has 1 aliphatic carbocycles. The van der Waals surface area contributed by atoms with Gasteiger partial charge in [0.15, 0.2) is 0 Å². The Bertz CT molecular complexity index is 414. The molecule has 0 spiro atoms. The lowest BCUT2D eigenvalue weighted by Gasteiger charge is -2.30. The standard InChI is InChI=1S/C14H22N2O2/c1-16(10-14(17)7-3-4-8-14)13-6-5-11(18-2)9-12(13)15/h5-6,9,17H,3-4,7-8,10,15H2,1-2H3. The molecule has 0 radical (unpaired) electrons. The summed E-state index contributed by atoms with van der Waals surface area (Å²) in [7, 11) is 3.59. The number of aliphatic hydroxyl groups is 1. The molecule has 0 bridgehead atoms. The molecule has 1 aromatic carbocycles. The Morgan fingerprint density at radius 1 is 1.39 bits per heavy atom. The molecule has 1 saturated carbocycles. The van der Waals surface area contributed by atoms with Crippen LogP contribution in [0.15, 0.2) is 18.2 Å². The lowest BCUT2D eigenvalue weighted by Crippen LogP contribution is -2.39. The van der Waals surface area contributed by atoms with Crippen molar-refractivity contribution in [2.24, 2.45) is 0 Å². The van der Waals surface area contributed by atoms with Crippen LogP contribution in [0.1, 0.15) is 25.7 Å². The van der Waals surface area contributed by atoms with Gasteiger partial charge in [0.2, 0.25) is 0 Å². The van der Waals surface area contributed by atoms with Gasteiger partial charge in [0.05, 0.1) is 24.1 Å². The summed E-state index contributed by atoms with van der Waals surface area (Å²) in [5.74, 6) is 0.754. The lowest BCUT2D eigenvalue weighted by atomic mass is 10.0. The van der Waals surface area contributed by atoms with Crippen LogP contribution < -0.4 is 15.4 Å². The van der Waals surface area contributed by atoms with Crippen molar-refractivity contribution in [2.45, 2.75) is 31.3 Å². The van der Waals surface area contributed by atoms with Gasteiger partial charge in [0.25, 0.3) is 0 Å². The molecule has 0 heterocycles. The van der Waals surface area contributed by atoms with Crippen LogP contribution in [-0.2, 0) is 0 Å². The summed E-state index contributed by atoms with van der Waals surface area (Å²) in [5.41, 5.74) is 7.08. The number of methoxy groups -OCH3 is 1. The average Bonchev–Trinajstić information content (AvgIpc) is 2.75. The highest BCUT2D eigenvalue weighted by atomic mass is 16.5. The zero-order chi connectivity index (χ0) is 13.2. The average molecular weight is 250 g/mol. The van der Waals surface area contributed by atoms with E-state index >= 15 is 0 Å². The highest BCUT2D eigenvalue weighted by molar-refractivity contribution is 5.69. The first-order valence-corrected chi connectivity index (χ1v) is 6.41. The molecule has 0 aromatic heterocycles. The molecule has 1 aliphatic rings. The Morgan fingerprint density at radius 2 is 2.06 bits per heavy atom. The van der Waals surface area contributed by atoms with Crippen LogP contribution >= 0.6 is 0 Å². The fourth-order valence-electron chi connectivity index (χ4n) is 2.73. The van der Waals surface area contributed by atoms with Crippen molar-refractivity contribution in [2.75, 3.05) is 31.3 Å². The Kier molecular flexibility index (Phi) is 3.66. The van der Waals surface area contributed by atoms with Crippen molar-refractivity contribution < 1.29 is 9.84 Å². The van der Waals surface area contributed by atoms with Crippen molar-refractivity contribution in [1.82, 2.24) is 0 Å². The van der Waals surface area contributed by atoms with Crippen LogP contribution in [0.4, 0.5) is 11.4 Å². The molecular formula is C14H22N2O2.